The summed E-state index contributed by atoms with van der Waals surface area (Å²) >= 11 is 0. The number of hydrogen-bond donors (Lipinski definition) is 6. The predicted octanol–water partition coefficient (Wildman–Crippen LogP) is -1.49. The summed E-state index contributed by atoms with van der Waals surface area (Å²) < 4.78 is 0. The molecule has 1 aromatic carbocycles. The SMILES string of the molecule is O=c1c(O)c(NCC[C@@H](CO)NCc2c[nH]c3c(=O)[nH]cnc23)c1=O. The Hall–Kier alpha value is -2.98. The van der Waals surface area contributed by atoms with Crippen LogP contribution in [0.2, 0.25) is 0 Å². The highest BCUT2D eigenvalue weighted by atomic mass is 16.3. The van der Waals surface area contributed by atoms with E-state index in [1.165, 1.54) is 6.33 Å². The summed E-state index contributed by atoms with van der Waals surface area (Å²) in [5, 5.41) is 24.5. The number of fused-ring (bicyclic) bond motifs is 1. The van der Waals surface area contributed by atoms with Crippen LogP contribution in [0.4, 0.5) is 5.69 Å². The van der Waals surface area contributed by atoms with Gasteiger partial charge in [-0.15, -0.1) is 0 Å². The van der Waals surface area contributed by atoms with Gasteiger partial charge in [0.15, 0.2) is 5.75 Å². The molecule has 2 aromatic heterocycles. The van der Waals surface area contributed by atoms with Crippen LogP contribution in [-0.2, 0) is 6.54 Å². The van der Waals surface area contributed by atoms with Crippen molar-refractivity contribution in [1.82, 2.24) is 20.3 Å². The van der Waals surface area contributed by atoms with Gasteiger partial charge < -0.3 is 30.8 Å². The van der Waals surface area contributed by atoms with Gasteiger partial charge >= 0.3 is 0 Å². The van der Waals surface area contributed by atoms with Crippen molar-refractivity contribution in [2.45, 2.75) is 19.0 Å². The number of aliphatic hydroxyl groups excluding tert-OH is 1. The molecule has 0 saturated heterocycles. The van der Waals surface area contributed by atoms with E-state index >= 15 is 0 Å². The monoisotopic (exact) mass is 347 g/mol. The Labute approximate surface area is 140 Å². The lowest BCUT2D eigenvalue weighted by atomic mass is 10.1. The Morgan fingerprint density at radius 1 is 1.20 bits per heavy atom. The highest BCUT2D eigenvalue weighted by Crippen LogP contribution is 2.15. The lowest BCUT2D eigenvalue weighted by molar-refractivity contribution is 0.237. The number of nitrogens with one attached hydrogen (secondary N) is 4. The fourth-order valence-corrected chi connectivity index (χ4v) is 2.57. The molecule has 0 amide bonds. The normalized spacial score (nSPS) is 12.7. The van der Waals surface area contributed by atoms with E-state index in [4.69, 9.17) is 0 Å². The number of nitrogens with zero attached hydrogens (tertiary/aromatic N) is 1. The number of aliphatic hydroxyl groups is 1. The molecule has 3 aromatic rings. The number of rotatable bonds is 8. The Bertz CT molecular complexity index is 1010. The third-order valence-electron chi connectivity index (χ3n) is 4.03. The molecule has 2 heterocycles. The molecule has 6 N–H and O–H groups in total. The molecule has 0 aliphatic heterocycles. The number of aromatic amines is 2. The smallest absolute Gasteiger partial charge is 0.275 e. The molecule has 132 valence electrons. The van der Waals surface area contributed by atoms with Gasteiger partial charge in [0, 0.05) is 30.9 Å². The van der Waals surface area contributed by atoms with Crippen LogP contribution in [0.15, 0.2) is 26.9 Å². The van der Waals surface area contributed by atoms with Crippen molar-refractivity contribution in [3.05, 3.63) is 48.9 Å². The molecule has 0 spiro atoms. The first kappa shape index (κ1) is 16.9. The molecule has 3 rings (SSSR count). The first-order valence-electron chi connectivity index (χ1n) is 7.67. The topological polar surface area (TPSA) is 160 Å². The second-order valence-corrected chi connectivity index (χ2v) is 5.63. The van der Waals surface area contributed by atoms with Crippen molar-refractivity contribution in [3.63, 3.8) is 0 Å². The Morgan fingerprint density at radius 3 is 2.72 bits per heavy atom. The molecule has 0 unspecified atom stereocenters. The van der Waals surface area contributed by atoms with Crippen molar-refractivity contribution >= 4 is 16.7 Å². The zero-order valence-electron chi connectivity index (χ0n) is 13.1. The number of anilines is 1. The number of aromatic nitrogens is 3. The van der Waals surface area contributed by atoms with Crippen LogP contribution < -0.4 is 27.1 Å². The van der Waals surface area contributed by atoms with Gasteiger partial charge in [-0.25, -0.2) is 4.98 Å². The maximum atomic E-state index is 11.6. The molecule has 0 aliphatic rings. The van der Waals surface area contributed by atoms with E-state index in [0.29, 0.717) is 30.5 Å². The Kier molecular flexibility index (Phi) is 4.63. The second-order valence-electron chi connectivity index (χ2n) is 5.63. The largest absolute Gasteiger partial charge is 0.502 e. The average Bonchev–Trinajstić information content (AvgIpc) is 3.05. The standard InChI is InChI=1S/C15H17N5O5/c21-5-8(1-2-16-11-12(22)14(24)13(11)23)17-3-7-4-18-10-9(7)19-6-20-15(10)25/h4,6,8,16-18,21-22H,1-3,5H2,(H,19,20,25)/t8-/m0/s1. The van der Waals surface area contributed by atoms with E-state index in [0.717, 1.165) is 5.56 Å². The summed E-state index contributed by atoms with van der Waals surface area (Å²) in [6, 6.07) is -0.284. The van der Waals surface area contributed by atoms with Crippen LogP contribution in [0.25, 0.3) is 11.0 Å². The summed E-state index contributed by atoms with van der Waals surface area (Å²) in [5.41, 5.74) is -0.236. The van der Waals surface area contributed by atoms with Crippen LogP contribution >= 0.6 is 0 Å². The Morgan fingerprint density at radius 2 is 2.00 bits per heavy atom. The number of H-pyrrole nitrogens is 2. The van der Waals surface area contributed by atoms with E-state index in [1.807, 2.05) is 0 Å². The molecule has 10 heteroatoms. The van der Waals surface area contributed by atoms with Crippen LogP contribution in [0.3, 0.4) is 0 Å². The fraction of sp³-hybridized carbons (Fsp3) is 0.333. The summed E-state index contributed by atoms with van der Waals surface area (Å²) in [4.78, 5) is 43.2. The first-order valence-corrected chi connectivity index (χ1v) is 7.67. The van der Waals surface area contributed by atoms with Gasteiger partial charge in [-0.05, 0) is 6.42 Å². The van der Waals surface area contributed by atoms with Crippen molar-refractivity contribution in [1.29, 1.82) is 0 Å². The summed E-state index contributed by atoms with van der Waals surface area (Å²) in [6.07, 6.45) is 3.45. The van der Waals surface area contributed by atoms with Crippen LogP contribution in [0, 0.1) is 0 Å². The van der Waals surface area contributed by atoms with Gasteiger partial charge in [0.05, 0.1) is 18.5 Å². The molecule has 0 bridgehead atoms. The molecular formula is C15H17N5O5. The van der Waals surface area contributed by atoms with Crippen LogP contribution in [-0.4, -0.2) is 44.4 Å². The van der Waals surface area contributed by atoms with Gasteiger partial charge in [0.25, 0.3) is 16.4 Å². The minimum atomic E-state index is -0.888. The third kappa shape index (κ3) is 3.16. The van der Waals surface area contributed by atoms with E-state index in [-0.39, 0.29) is 23.9 Å². The molecule has 0 radical (unpaired) electrons. The highest BCUT2D eigenvalue weighted by molar-refractivity contribution is 5.77. The summed E-state index contributed by atoms with van der Waals surface area (Å²) in [6.45, 7) is 0.533. The van der Waals surface area contributed by atoms with Gasteiger partial charge in [-0.2, -0.15) is 0 Å². The maximum Gasteiger partial charge on any atom is 0.275 e. The van der Waals surface area contributed by atoms with Crippen molar-refractivity contribution in [2.24, 2.45) is 0 Å². The zero-order valence-corrected chi connectivity index (χ0v) is 13.1. The highest BCUT2D eigenvalue weighted by Gasteiger charge is 2.19. The van der Waals surface area contributed by atoms with Crippen molar-refractivity contribution in [2.75, 3.05) is 18.5 Å². The second kappa shape index (κ2) is 6.87. The van der Waals surface area contributed by atoms with Crippen molar-refractivity contribution < 1.29 is 10.2 Å². The van der Waals surface area contributed by atoms with E-state index in [1.54, 1.807) is 6.20 Å². The zero-order chi connectivity index (χ0) is 18.0. The van der Waals surface area contributed by atoms with E-state index < -0.39 is 16.6 Å². The molecule has 25 heavy (non-hydrogen) atoms. The third-order valence-corrected chi connectivity index (χ3v) is 4.03. The molecule has 0 saturated carbocycles. The lowest BCUT2D eigenvalue weighted by Gasteiger charge is -2.17. The molecular weight excluding hydrogens is 330 g/mol. The van der Waals surface area contributed by atoms with E-state index in [9.17, 15) is 24.6 Å². The van der Waals surface area contributed by atoms with Gasteiger partial charge in [-0.3, -0.25) is 14.4 Å². The molecule has 0 fully saturated rings. The minimum Gasteiger partial charge on any atom is -0.502 e. The summed E-state index contributed by atoms with van der Waals surface area (Å²) in [7, 11) is 0. The molecule has 0 aliphatic carbocycles. The number of hydrogen-bond acceptors (Lipinski definition) is 8. The van der Waals surface area contributed by atoms with Gasteiger partial charge in [0.2, 0.25) is 0 Å². The maximum absolute atomic E-state index is 11.6. The van der Waals surface area contributed by atoms with E-state index in [2.05, 4.69) is 25.6 Å². The van der Waals surface area contributed by atoms with Crippen molar-refractivity contribution in [3.8, 4) is 5.75 Å². The van der Waals surface area contributed by atoms with Gasteiger partial charge in [0.1, 0.15) is 11.2 Å². The quantitative estimate of drug-likeness (QED) is 0.269. The van der Waals surface area contributed by atoms with Crippen LogP contribution in [0.5, 0.6) is 5.75 Å². The summed E-state index contributed by atoms with van der Waals surface area (Å²) in [5.74, 6) is -0.548. The minimum absolute atomic E-state index is 0.0817. The Balaban J connectivity index is 1.55. The average molecular weight is 347 g/mol. The number of aromatic hydroxyl groups is 1. The lowest BCUT2D eigenvalue weighted by Crippen LogP contribution is -2.36. The van der Waals surface area contributed by atoms with Gasteiger partial charge in [-0.1, -0.05) is 0 Å². The fourth-order valence-electron chi connectivity index (χ4n) is 2.57. The van der Waals surface area contributed by atoms with Crippen LogP contribution in [0.1, 0.15) is 12.0 Å². The molecule has 1 atom stereocenters. The molecule has 10 nitrogen and oxygen atoms in total. The predicted molar refractivity (Wildman–Crippen MR) is 90.6 cm³/mol. The first-order chi connectivity index (χ1) is 12.0.